The second kappa shape index (κ2) is 5.33. The molecule has 1 aromatic carbocycles. The summed E-state index contributed by atoms with van der Waals surface area (Å²) in [4.78, 5) is 14.0. The van der Waals surface area contributed by atoms with Gasteiger partial charge in [-0.05, 0) is 37.1 Å². The van der Waals surface area contributed by atoms with Crippen LogP contribution in [0.4, 0.5) is 0 Å². The Morgan fingerprint density at radius 3 is 3.18 bits per heavy atom. The summed E-state index contributed by atoms with van der Waals surface area (Å²) in [5.41, 5.74) is 3.53. The standard InChI is InChI=1S/C17H22N2O3/c1-10-12(2-3-13-14(10)9-22-17(13)21)16(20)8-19-5-4-11-6-18-7-15(11)19/h2-3,11,15-16,18,20H,4-9H2,1H3/p+1/t11?,15?,16-/m0/s1. The number of β-amino-alcohol motifs (C(OH)–C–C–N with tert-alkyl or cyclic N) is 1. The number of likely N-dealkylation sites (tertiary alicyclic amines) is 1. The Morgan fingerprint density at radius 2 is 2.32 bits per heavy atom. The highest BCUT2D eigenvalue weighted by Gasteiger charge is 2.41. The van der Waals surface area contributed by atoms with Crippen molar-refractivity contribution in [3.05, 3.63) is 34.4 Å². The van der Waals surface area contributed by atoms with E-state index in [9.17, 15) is 9.90 Å². The number of benzene rings is 1. The zero-order chi connectivity index (χ0) is 15.3. The Balaban J connectivity index is 1.54. The van der Waals surface area contributed by atoms with Gasteiger partial charge in [-0.3, -0.25) is 4.90 Å². The molecule has 1 aromatic rings. The molecule has 3 N–H and O–H groups in total. The molecule has 3 heterocycles. The number of hydrogen-bond acceptors (Lipinski definition) is 4. The summed E-state index contributed by atoms with van der Waals surface area (Å²) >= 11 is 0. The Kier molecular flexibility index (Phi) is 3.44. The van der Waals surface area contributed by atoms with Gasteiger partial charge in [0.2, 0.25) is 0 Å². The first-order valence-corrected chi connectivity index (χ1v) is 8.18. The first kappa shape index (κ1) is 14.2. The van der Waals surface area contributed by atoms with Crippen LogP contribution in [0, 0.1) is 12.8 Å². The third-order valence-corrected chi connectivity index (χ3v) is 5.65. The highest BCUT2D eigenvalue weighted by atomic mass is 16.5. The van der Waals surface area contributed by atoms with Crippen molar-refractivity contribution in [1.82, 2.24) is 4.90 Å². The van der Waals surface area contributed by atoms with Crippen LogP contribution in [0.25, 0.3) is 0 Å². The zero-order valence-electron chi connectivity index (χ0n) is 12.9. The number of aliphatic hydroxyl groups is 1. The van der Waals surface area contributed by atoms with Crippen LogP contribution in [0.3, 0.4) is 0 Å². The topological polar surface area (TPSA) is 66.4 Å². The van der Waals surface area contributed by atoms with E-state index in [-0.39, 0.29) is 5.97 Å². The van der Waals surface area contributed by atoms with Crippen LogP contribution < -0.4 is 5.32 Å². The van der Waals surface area contributed by atoms with Crippen LogP contribution >= 0.6 is 0 Å². The number of ether oxygens (including phenoxy) is 1. The largest absolute Gasteiger partial charge is 0.457 e. The fraction of sp³-hybridized carbons (Fsp3) is 0.588. The van der Waals surface area contributed by atoms with E-state index in [1.165, 1.54) is 13.0 Å². The number of hydrogen-bond donors (Lipinski definition) is 2. The van der Waals surface area contributed by atoms with Crippen LogP contribution in [0.5, 0.6) is 0 Å². The first-order chi connectivity index (χ1) is 10.6. The summed E-state index contributed by atoms with van der Waals surface area (Å²) in [6.45, 7) is 6.48. The predicted octanol–water partition coefficient (Wildman–Crippen LogP) is -0.0337. The van der Waals surface area contributed by atoms with Gasteiger partial charge < -0.3 is 15.2 Å². The van der Waals surface area contributed by atoms with Gasteiger partial charge >= 0.3 is 5.97 Å². The smallest absolute Gasteiger partial charge is 0.338 e. The number of cyclic esters (lactones) is 1. The van der Waals surface area contributed by atoms with Crippen molar-refractivity contribution in [2.45, 2.75) is 32.1 Å². The van der Waals surface area contributed by atoms with Crippen LogP contribution in [0.1, 0.15) is 39.6 Å². The second-order valence-corrected chi connectivity index (χ2v) is 6.77. The summed E-state index contributed by atoms with van der Waals surface area (Å²) in [6, 6.07) is 4.31. The molecule has 0 bridgehead atoms. The van der Waals surface area contributed by atoms with Crippen molar-refractivity contribution in [2.24, 2.45) is 5.92 Å². The van der Waals surface area contributed by atoms with Gasteiger partial charge in [0.05, 0.1) is 30.8 Å². The van der Waals surface area contributed by atoms with E-state index in [0.717, 1.165) is 35.7 Å². The van der Waals surface area contributed by atoms with E-state index in [1.54, 1.807) is 6.07 Å². The number of carbonyl (C=O) groups is 1. The van der Waals surface area contributed by atoms with Crippen molar-refractivity contribution in [3.8, 4) is 0 Å². The number of nitrogens with two attached hydrogens (primary N) is 1. The molecular weight excluding hydrogens is 280 g/mol. The molecule has 2 fully saturated rings. The molecule has 0 amide bonds. The maximum Gasteiger partial charge on any atom is 0.338 e. The van der Waals surface area contributed by atoms with Crippen molar-refractivity contribution >= 4 is 5.97 Å². The lowest BCUT2D eigenvalue weighted by molar-refractivity contribution is -0.640. The molecule has 3 aliphatic heterocycles. The zero-order valence-corrected chi connectivity index (χ0v) is 12.9. The minimum atomic E-state index is -0.500. The molecule has 5 nitrogen and oxygen atoms in total. The summed E-state index contributed by atoms with van der Waals surface area (Å²) < 4.78 is 5.09. The van der Waals surface area contributed by atoms with Gasteiger partial charge in [0.15, 0.2) is 0 Å². The van der Waals surface area contributed by atoms with Crippen LogP contribution in [-0.2, 0) is 11.3 Å². The molecule has 22 heavy (non-hydrogen) atoms. The number of carbonyl (C=O) groups excluding carboxylic acids is 1. The van der Waals surface area contributed by atoms with Gasteiger partial charge in [0.1, 0.15) is 6.61 Å². The van der Waals surface area contributed by atoms with Crippen molar-refractivity contribution in [2.75, 3.05) is 26.2 Å². The molecular formula is C17H23N2O3+. The third kappa shape index (κ3) is 2.16. The SMILES string of the molecule is Cc1c([C@@H](O)CN2CCC3C[NH2+]CC32)ccc2c1COC2=O. The monoisotopic (exact) mass is 303 g/mol. The summed E-state index contributed by atoms with van der Waals surface area (Å²) in [6.07, 6.45) is 0.750. The van der Waals surface area contributed by atoms with E-state index >= 15 is 0 Å². The molecule has 118 valence electrons. The Labute approximate surface area is 130 Å². The number of fused-ring (bicyclic) bond motifs is 2. The van der Waals surface area contributed by atoms with Gasteiger partial charge in [-0.1, -0.05) is 6.07 Å². The van der Waals surface area contributed by atoms with Crippen molar-refractivity contribution in [1.29, 1.82) is 0 Å². The molecule has 3 atom stereocenters. The highest BCUT2D eigenvalue weighted by molar-refractivity contribution is 5.93. The Bertz CT molecular complexity index is 616. The number of nitrogens with zero attached hydrogens (tertiary/aromatic N) is 1. The van der Waals surface area contributed by atoms with Gasteiger partial charge in [-0.2, -0.15) is 0 Å². The number of rotatable bonds is 3. The van der Waals surface area contributed by atoms with Gasteiger partial charge in [-0.25, -0.2) is 4.79 Å². The molecule has 0 saturated carbocycles. The summed E-state index contributed by atoms with van der Waals surface area (Å²) in [7, 11) is 0. The molecule has 5 heteroatoms. The average Bonchev–Trinajstić information content (AvgIpc) is 3.18. The quantitative estimate of drug-likeness (QED) is 0.770. The van der Waals surface area contributed by atoms with E-state index < -0.39 is 6.10 Å². The van der Waals surface area contributed by atoms with Crippen molar-refractivity contribution < 1.29 is 20.0 Å². The van der Waals surface area contributed by atoms with Gasteiger partial charge in [0, 0.05) is 18.0 Å². The molecule has 3 aliphatic rings. The molecule has 0 aromatic heterocycles. The second-order valence-electron chi connectivity index (χ2n) is 6.77. The summed E-state index contributed by atoms with van der Waals surface area (Å²) in [5.74, 6) is 0.544. The lowest BCUT2D eigenvalue weighted by Gasteiger charge is -2.25. The fourth-order valence-corrected chi connectivity index (χ4v) is 4.36. The molecule has 0 spiro atoms. The number of quaternary nitrogens is 1. The Hall–Kier alpha value is -1.43. The maximum atomic E-state index is 11.6. The normalized spacial score (nSPS) is 28.5. The molecule has 0 radical (unpaired) electrons. The minimum Gasteiger partial charge on any atom is -0.457 e. The fourth-order valence-electron chi connectivity index (χ4n) is 4.36. The maximum absolute atomic E-state index is 11.6. The first-order valence-electron chi connectivity index (χ1n) is 8.18. The third-order valence-electron chi connectivity index (χ3n) is 5.65. The van der Waals surface area contributed by atoms with Crippen LogP contribution in [-0.4, -0.2) is 48.2 Å². The van der Waals surface area contributed by atoms with E-state index in [1.807, 2.05) is 13.0 Å². The number of esters is 1. The molecule has 2 unspecified atom stereocenters. The lowest BCUT2D eigenvalue weighted by atomic mass is 9.95. The van der Waals surface area contributed by atoms with Crippen molar-refractivity contribution in [3.63, 3.8) is 0 Å². The Morgan fingerprint density at radius 1 is 1.45 bits per heavy atom. The lowest BCUT2D eigenvalue weighted by Crippen LogP contribution is -2.82. The molecule has 2 saturated heterocycles. The van der Waals surface area contributed by atoms with Crippen LogP contribution in [0.2, 0.25) is 0 Å². The van der Waals surface area contributed by atoms with Crippen LogP contribution in [0.15, 0.2) is 12.1 Å². The highest BCUT2D eigenvalue weighted by Crippen LogP contribution is 2.31. The predicted molar refractivity (Wildman–Crippen MR) is 80.4 cm³/mol. The molecule has 4 rings (SSSR count). The van der Waals surface area contributed by atoms with E-state index in [2.05, 4.69) is 10.2 Å². The van der Waals surface area contributed by atoms with E-state index in [0.29, 0.717) is 24.8 Å². The van der Waals surface area contributed by atoms with Gasteiger partial charge in [-0.15, -0.1) is 0 Å². The minimum absolute atomic E-state index is 0.247. The molecule has 0 aliphatic carbocycles. The summed E-state index contributed by atoms with van der Waals surface area (Å²) in [5, 5.41) is 13.1. The van der Waals surface area contributed by atoms with E-state index in [4.69, 9.17) is 4.74 Å². The average molecular weight is 303 g/mol. The number of aliphatic hydroxyl groups excluding tert-OH is 1. The van der Waals surface area contributed by atoms with Gasteiger partial charge in [0.25, 0.3) is 0 Å².